The van der Waals surface area contributed by atoms with Crippen LogP contribution in [0.2, 0.25) is 0 Å². The van der Waals surface area contributed by atoms with E-state index in [1.807, 2.05) is 50.5 Å². The highest BCUT2D eigenvalue weighted by Gasteiger charge is 2.55. The fraction of sp³-hybridized carbons (Fsp3) is 0.542. The molecule has 1 N–H and O–H groups in total. The van der Waals surface area contributed by atoms with E-state index < -0.39 is 5.60 Å². The number of aromatic nitrogens is 1. The number of benzene rings is 1. The Hall–Kier alpha value is -2.11. The van der Waals surface area contributed by atoms with Crippen LogP contribution in [0.25, 0.3) is 0 Å². The molecule has 0 radical (unpaired) electrons. The van der Waals surface area contributed by atoms with Gasteiger partial charge in [-0.1, -0.05) is 19.1 Å². The van der Waals surface area contributed by atoms with Crippen molar-refractivity contribution in [3.05, 3.63) is 53.9 Å². The van der Waals surface area contributed by atoms with Crippen LogP contribution in [0, 0.1) is 5.41 Å². The van der Waals surface area contributed by atoms with E-state index in [4.69, 9.17) is 4.74 Å². The van der Waals surface area contributed by atoms with Crippen LogP contribution in [0.15, 0.2) is 42.7 Å². The molecule has 1 unspecified atom stereocenters. The monoisotopic (exact) mass is 395 g/mol. The van der Waals surface area contributed by atoms with Gasteiger partial charge in [-0.25, -0.2) is 0 Å². The van der Waals surface area contributed by atoms with Gasteiger partial charge in [-0.15, -0.1) is 0 Å². The van der Waals surface area contributed by atoms with Crippen LogP contribution in [0.5, 0.6) is 5.75 Å². The van der Waals surface area contributed by atoms with Crippen LogP contribution in [0.4, 0.5) is 5.69 Å². The fourth-order valence-electron chi connectivity index (χ4n) is 5.06. The Labute approximate surface area is 174 Å². The highest BCUT2D eigenvalue weighted by molar-refractivity contribution is 5.51. The van der Waals surface area contributed by atoms with E-state index in [9.17, 15) is 5.11 Å². The lowest BCUT2D eigenvalue weighted by atomic mass is 9.62. The van der Waals surface area contributed by atoms with Crippen LogP contribution in [0.3, 0.4) is 0 Å². The lowest BCUT2D eigenvalue weighted by Gasteiger charge is -2.55. The van der Waals surface area contributed by atoms with Crippen molar-refractivity contribution in [1.29, 1.82) is 0 Å². The maximum absolute atomic E-state index is 12.3. The molecule has 2 aromatic rings. The number of hydrogen-bond donors (Lipinski definition) is 1. The Morgan fingerprint density at radius 2 is 1.72 bits per heavy atom. The zero-order valence-corrected chi connectivity index (χ0v) is 18.1. The lowest BCUT2D eigenvalue weighted by Crippen LogP contribution is -2.63. The molecule has 0 aliphatic carbocycles. The predicted molar refractivity (Wildman–Crippen MR) is 116 cm³/mol. The number of anilines is 1. The van der Waals surface area contributed by atoms with Crippen molar-refractivity contribution in [2.45, 2.75) is 45.3 Å². The van der Waals surface area contributed by atoms with Gasteiger partial charge in [0, 0.05) is 43.4 Å². The van der Waals surface area contributed by atoms with E-state index in [1.54, 1.807) is 0 Å². The van der Waals surface area contributed by atoms with Crippen LogP contribution in [-0.2, 0) is 5.60 Å². The summed E-state index contributed by atoms with van der Waals surface area (Å²) in [6, 6.07) is 10.1. The molecule has 0 amide bonds. The first kappa shape index (κ1) is 20.2. The summed E-state index contributed by atoms with van der Waals surface area (Å²) in [5, 5.41) is 12.3. The van der Waals surface area contributed by atoms with Gasteiger partial charge in [-0.2, -0.15) is 0 Å². The molecule has 4 rings (SSSR count). The average molecular weight is 396 g/mol. The van der Waals surface area contributed by atoms with Crippen molar-refractivity contribution >= 4 is 5.69 Å². The third-order valence-corrected chi connectivity index (χ3v) is 6.37. The van der Waals surface area contributed by atoms with Gasteiger partial charge >= 0.3 is 0 Å². The summed E-state index contributed by atoms with van der Waals surface area (Å²) in [6.07, 6.45) is 6.31. The van der Waals surface area contributed by atoms with Crippen LogP contribution in [0.1, 0.15) is 44.7 Å². The number of rotatable bonds is 6. The summed E-state index contributed by atoms with van der Waals surface area (Å²) in [5.74, 6) is 0.825. The topological polar surface area (TPSA) is 48.8 Å². The number of likely N-dealkylation sites (tertiary alicyclic amines) is 1. The van der Waals surface area contributed by atoms with Crippen molar-refractivity contribution in [3.63, 3.8) is 0 Å². The molecule has 5 nitrogen and oxygen atoms in total. The molecule has 1 atom stereocenters. The Morgan fingerprint density at radius 3 is 2.31 bits per heavy atom. The minimum atomic E-state index is -1.11. The molecule has 2 saturated heterocycles. The van der Waals surface area contributed by atoms with Gasteiger partial charge in [-0.3, -0.25) is 4.98 Å². The number of pyridine rings is 1. The third kappa shape index (κ3) is 3.62. The second-order valence-corrected chi connectivity index (χ2v) is 9.26. The highest BCUT2D eigenvalue weighted by Crippen LogP contribution is 2.50. The molecular formula is C24H33N3O2. The summed E-state index contributed by atoms with van der Waals surface area (Å²) in [5.41, 5.74) is 1.47. The zero-order chi connectivity index (χ0) is 20.6. The molecule has 1 aromatic heterocycles. The van der Waals surface area contributed by atoms with E-state index in [-0.39, 0.29) is 11.5 Å². The summed E-state index contributed by atoms with van der Waals surface area (Å²) >= 11 is 0. The van der Waals surface area contributed by atoms with Gasteiger partial charge < -0.3 is 19.6 Å². The summed E-state index contributed by atoms with van der Waals surface area (Å²) in [6.45, 7) is 10.0. The molecule has 2 aliphatic heterocycles. The summed E-state index contributed by atoms with van der Waals surface area (Å²) in [7, 11) is 2.10. The normalized spacial score (nSPS) is 21.1. The second kappa shape index (κ2) is 7.62. The maximum atomic E-state index is 12.3. The quantitative estimate of drug-likeness (QED) is 0.809. The maximum Gasteiger partial charge on any atom is 0.124 e. The molecule has 0 saturated carbocycles. The molecule has 156 valence electrons. The van der Waals surface area contributed by atoms with Gasteiger partial charge in [0.25, 0.3) is 0 Å². The zero-order valence-electron chi connectivity index (χ0n) is 18.1. The largest absolute Gasteiger partial charge is 0.491 e. The SMILES string of the molecule is CC(C)Oc1ccc(C(O)(c2cncc(N3CCCC3)c2)C2(C)CN(C)C2)cc1. The van der Waals surface area contributed by atoms with Gasteiger partial charge in [0.1, 0.15) is 11.4 Å². The fourth-order valence-corrected chi connectivity index (χ4v) is 5.06. The highest BCUT2D eigenvalue weighted by atomic mass is 16.5. The molecule has 3 heterocycles. The van der Waals surface area contributed by atoms with Gasteiger partial charge in [0.2, 0.25) is 0 Å². The first-order valence-corrected chi connectivity index (χ1v) is 10.7. The van der Waals surface area contributed by atoms with Crippen molar-refractivity contribution in [2.24, 2.45) is 5.41 Å². The molecular weight excluding hydrogens is 362 g/mol. The Balaban J connectivity index is 1.75. The first-order valence-electron chi connectivity index (χ1n) is 10.7. The molecule has 2 aliphatic rings. The van der Waals surface area contributed by atoms with E-state index in [0.717, 1.165) is 48.7 Å². The van der Waals surface area contributed by atoms with Crippen LogP contribution < -0.4 is 9.64 Å². The van der Waals surface area contributed by atoms with Crippen molar-refractivity contribution in [2.75, 3.05) is 38.1 Å². The number of hydrogen-bond acceptors (Lipinski definition) is 5. The molecule has 0 spiro atoms. The summed E-state index contributed by atoms with van der Waals surface area (Å²) in [4.78, 5) is 9.14. The van der Waals surface area contributed by atoms with Gasteiger partial charge in [-0.05, 0) is 57.5 Å². The predicted octanol–water partition coefficient (Wildman–Crippen LogP) is 3.66. The Bertz CT molecular complexity index is 839. The summed E-state index contributed by atoms with van der Waals surface area (Å²) < 4.78 is 5.81. The first-order chi connectivity index (χ1) is 13.8. The van der Waals surface area contributed by atoms with Gasteiger partial charge in [0.15, 0.2) is 0 Å². The minimum Gasteiger partial charge on any atom is -0.491 e. The van der Waals surface area contributed by atoms with Crippen LogP contribution >= 0.6 is 0 Å². The smallest absolute Gasteiger partial charge is 0.124 e. The van der Waals surface area contributed by atoms with Crippen molar-refractivity contribution in [1.82, 2.24) is 9.88 Å². The Kier molecular flexibility index (Phi) is 5.30. The molecule has 1 aromatic carbocycles. The standard InChI is InChI=1S/C24H33N3O2/c1-18(2)29-22-9-7-19(8-10-22)24(28,23(3)16-26(4)17-23)20-13-21(15-25-14-20)27-11-5-6-12-27/h7-10,13-15,18,28H,5-6,11-12,16-17H2,1-4H3. The molecule has 2 fully saturated rings. The van der Waals surface area contributed by atoms with Crippen molar-refractivity contribution in [3.8, 4) is 5.75 Å². The second-order valence-electron chi connectivity index (χ2n) is 9.26. The van der Waals surface area contributed by atoms with E-state index in [1.165, 1.54) is 12.8 Å². The lowest BCUT2D eigenvalue weighted by molar-refractivity contribution is -0.127. The van der Waals surface area contributed by atoms with Crippen LogP contribution in [-0.4, -0.2) is 54.3 Å². The molecule has 5 heteroatoms. The average Bonchev–Trinajstić information content (AvgIpc) is 3.21. The van der Waals surface area contributed by atoms with Crippen molar-refractivity contribution < 1.29 is 9.84 Å². The minimum absolute atomic E-state index is 0.124. The third-order valence-electron chi connectivity index (χ3n) is 6.37. The van der Waals surface area contributed by atoms with Gasteiger partial charge in [0.05, 0.1) is 18.0 Å². The number of ether oxygens (including phenoxy) is 1. The molecule has 29 heavy (non-hydrogen) atoms. The number of aliphatic hydroxyl groups is 1. The van der Waals surface area contributed by atoms with E-state index in [0.29, 0.717) is 0 Å². The Morgan fingerprint density at radius 1 is 1.07 bits per heavy atom. The molecule has 0 bridgehead atoms. The number of nitrogens with zero attached hydrogens (tertiary/aromatic N) is 3. The van der Waals surface area contributed by atoms with E-state index >= 15 is 0 Å². The van der Waals surface area contributed by atoms with E-state index in [2.05, 4.69) is 34.8 Å².